The van der Waals surface area contributed by atoms with Gasteiger partial charge in [-0.1, -0.05) is 0 Å². The number of piperazine rings is 1. The van der Waals surface area contributed by atoms with E-state index in [1.807, 2.05) is 4.90 Å². The SMILES string of the molecule is Cn1nnnc1CC(=O)N1CCN(c2ccc([N+](=O)[O-])cn2)CC1. The third-order valence-corrected chi connectivity index (χ3v) is 3.92. The highest BCUT2D eigenvalue weighted by atomic mass is 16.6. The molecular formula is C13H16N8O3. The molecule has 1 aliphatic rings. The van der Waals surface area contributed by atoms with Gasteiger partial charge in [0, 0.05) is 39.3 Å². The number of carbonyl (C=O) groups is 1. The molecule has 3 rings (SSSR count). The smallest absolute Gasteiger partial charge is 0.287 e. The number of anilines is 1. The van der Waals surface area contributed by atoms with Gasteiger partial charge in [0.1, 0.15) is 12.0 Å². The zero-order valence-corrected chi connectivity index (χ0v) is 13.1. The van der Waals surface area contributed by atoms with Gasteiger partial charge in [-0.2, -0.15) is 0 Å². The number of aryl methyl sites for hydroxylation is 1. The number of nitro groups is 1. The van der Waals surface area contributed by atoms with E-state index in [4.69, 9.17) is 0 Å². The van der Waals surface area contributed by atoms with Gasteiger partial charge in [-0.25, -0.2) is 9.67 Å². The fourth-order valence-corrected chi connectivity index (χ4v) is 2.50. The van der Waals surface area contributed by atoms with Crippen LogP contribution < -0.4 is 4.90 Å². The van der Waals surface area contributed by atoms with Crippen molar-refractivity contribution < 1.29 is 9.72 Å². The van der Waals surface area contributed by atoms with Gasteiger partial charge < -0.3 is 9.80 Å². The van der Waals surface area contributed by atoms with Crippen molar-refractivity contribution in [2.75, 3.05) is 31.1 Å². The standard InChI is InChI=1S/C13H16N8O3/c1-18-12(15-16-17-18)8-13(22)20-6-4-19(5-7-20)11-3-2-10(9-14-11)21(23)24/h2-3,9H,4-8H2,1H3. The molecule has 3 heterocycles. The minimum atomic E-state index is -0.477. The maximum absolute atomic E-state index is 12.3. The fraction of sp³-hybridized carbons (Fsp3) is 0.462. The molecule has 0 atom stereocenters. The van der Waals surface area contributed by atoms with Crippen LogP contribution in [0, 0.1) is 10.1 Å². The molecule has 0 saturated carbocycles. The summed E-state index contributed by atoms with van der Waals surface area (Å²) in [7, 11) is 1.70. The first kappa shape index (κ1) is 15.8. The van der Waals surface area contributed by atoms with Crippen LogP contribution in [0.25, 0.3) is 0 Å². The number of rotatable bonds is 4. The van der Waals surface area contributed by atoms with Crippen molar-refractivity contribution in [3.8, 4) is 0 Å². The zero-order chi connectivity index (χ0) is 17.1. The number of hydrogen-bond acceptors (Lipinski definition) is 8. The first-order chi connectivity index (χ1) is 11.5. The van der Waals surface area contributed by atoms with Crippen LogP contribution >= 0.6 is 0 Å². The van der Waals surface area contributed by atoms with Gasteiger partial charge in [0.2, 0.25) is 5.91 Å². The number of carbonyl (C=O) groups excluding carboxylic acids is 1. The number of aromatic nitrogens is 5. The topological polar surface area (TPSA) is 123 Å². The highest BCUT2D eigenvalue weighted by Gasteiger charge is 2.23. The lowest BCUT2D eigenvalue weighted by Crippen LogP contribution is -2.49. The lowest BCUT2D eigenvalue weighted by molar-refractivity contribution is -0.385. The summed E-state index contributed by atoms with van der Waals surface area (Å²) in [6.07, 6.45) is 1.41. The Hall–Kier alpha value is -3.11. The monoisotopic (exact) mass is 332 g/mol. The first-order valence-electron chi connectivity index (χ1n) is 7.39. The Balaban J connectivity index is 1.56. The second-order valence-electron chi connectivity index (χ2n) is 5.40. The van der Waals surface area contributed by atoms with Crippen molar-refractivity contribution in [2.24, 2.45) is 7.05 Å². The van der Waals surface area contributed by atoms with E-state index in [2.05, 4.69) is 20.5 Å². The minimum absolute atomic E-state index is 0.0239. The van der Waals surface area contributed by atoms with Crippen LogP contribution in [0.5, 0.6) is 0 Å². The minimum Gasteiger partial charge on any atom is -0.353 e. The molecule has 2 aromatic rings. The summed E-state index contributed by atoms with van der Waals surface area (Å²) in [6.45, 7) is 2.35. The Morgan fingerprint density at radius 2 is 2.04 bits per heavy atom. The normalized spacial score (nSPS) is 14.7. The highest BCUT2D eigenvalue weighted by Crippen LogP contribution is 2.17. The highest BCUT2D eigenvalue weighted by molar-refractivity contribution is 5.78. The molecule has 24 heavy (non-hydrogen) atoms. The average Bonchev–Trinajstić information content (AvgIpc) is 3.00. The lowest BCUT2D eigenvalue weighted by Gasteiger charge is -2.35. The maximum Gasteiger partial charge on any atom is 0.287 e. The summed E-state index contributed by atoms with van der Waals surface area (Å²) >= 11 is 0. The van der Waals surface area contributed by atoms with Crippen molar-refractivity contribution >= 4 is 17.4 Å². The second kappa shape index (κ2) is 6.56. The van der Waals surface area contributed by atoms with Crippen molar-refractivity contribution in [3.05, 3.63) is 34.3 Å². The fourth-order valence-electron chi connectivity index (χ4n) is 2.50. The molecule has 2 aromatic heterocycles. The van der Waals surface area contributed by atoms with E-state index in [9.17, 15) is 14.9 Å². The van der Waals surface area contributed by atoms with Crippen LogP contribution in [0.15, 0.2) is 18.3 Å². The molecule has 11 nitrogen and oxygen atoms in total. The summed E-state index contributed by atoms with van der Waals surface area (Å²) in [5.74, 6) is 1.17. The number of amides is 1. The predicted octanol–water partition coefficient (Wildman–Crippen LogP) is -0.595. The van der Waals surface area contributed by atoms with Crippen LogP contribution in [-0.4, -0.2) is 67.1 Å². The molecule has 0 radical (unpaired) electrons. The molecular weight excluding hydrogens is 316 g/mol. The molecule has 0 N–H and O–H groups in total. The molecule has 0 spiro atoms. The molecule has 0 aliphatic carbocycles. The van der Waals surface area contributed by atoms with Crippen LogP contribution in [-0.2, 0) is 18.3 Å². The molecule has 126 valence electrons. The molecule has 1 saturated heterocycles. The van der Waals surface area contributed by atoms with E-state index in [0.717, 1.165) is 0 Å². The van der Waals surface area contributed by atoms with Crippen molar-refractivity contribution in [1.82, 2.24) is 30.1 Å². The van der Waals surface area contributed by atoms with Crippen molar-refractivity contribution in [1.29, 1.82) is 0 Å². The zero-order valence-electron chi connectivity index (χ0n) is 13.1. The van der Waals surface area contributed by atoms with E-state index >= 15 is 0 Å². The van der Waals surface area contributed by atoms with Gasteiger partial charge in [0.15, 0.2) is 5.82 Å². The summed E-state index contributed by atoms with van der Waals surface area (Å²) in [4.78, 5) is 30.3. The van der Waals surface area contributed by atoms with Gasteiger partial charge in [-0.3, -0.25) is 14.9 Å². The average molecular weight is 332 g/mol. The Labute approximate surface area is 137 Å². The quantitative estimate of drug-likeness (QED) is 0.537. The Morgan fingerprint density at radius 1 is 1.29 bits per heavy atom. The van der Waals surface area contributed by atoms with Gasteiger partial charge in [-0.15, -0.1) is 5.10 Å². The van der Waals surface area contributed by atoms with Gasteiger partial charge >= 0.3 is 0 Å². The maximum atomic E-state index is 12.3. The van der Waals surface area contributed by atoms with Gasteiger partial charge in [0.05, 0.1) is 11.3 Å². The van der Waals surface area contributed by atoms with Crippen LogP contribution in [0.4, 0.5) is 11.5 Å². The number of hydrogen-bond donors (Lipinski definition) is 0. The Kier molecular flexibility index (Phi) is 4.31. The number of tetrazole rings is 1. The van der Waals surface area contributed by atoms with Gasteiger partial charge in [-0.05, 0) is 16.5 Å². The van der Waals surface area contributed by atoms with Crippen LogP contribution in [0.1, 0.15) is 5.82 Å². The largest absolute Gasteiger partial charge is 0.353 e. The Morgan fingerprint density at radius 3 is 2.58 bits per heavy atom. The van der Waals surface area contributed by atoms with E-state index in [-0.39, 0.29) is 18.0 Å². The third kappa shape index (κ3) is 3.29. The van der Waals surface area contributed by atoms with E-state index in [0.29, 0.717) is 37.8 Å². The molecule has 0 bridgehead atoms. The Bertz CT molecular complexity index is 736. The van der Waals surface area contributed by atoms with Crippen LogP contribution in [0.3, 0.4) is 0 Å². The number of pyridine rings is 1. The summed E-state index contributed by atoms with van der Waals surface area (Å²) in [6, 6.07) is 3.06. The van der Waals surface area contributed by atoms with Crippen molar-refractivity contribution in [2.45, 2.75) is 6.42 Å². The molecule has 0 unspecified atom stereocenters. The molecule has 1 amide bonds. The summed E-state index contributed by atoms with van der Waals surface area (Å²) in [5.41, 5.74) is -0.0372. The molecule has 1 aliphatic heterocycles. The van der Waals surface area contributed by atoms with Crippen molar-refractivity contribution in [3.63, 3.8) is 0 Å². The van der Waals surface area contributed by atoms with Crippen LogP contribution in [0.2, 0.25) is 0 Å². The second-order valence-corrected chi connectivity index (χ2v) is 5.40. The first-order valence-corrected chi connectivity index (χ1v) is 7.39. The molecule has 11 heteroatoms. The summed E-state index contributed by atoms with van der Waals surface area (Å²) in [5, 5.41) is 21.7. The summed E-state index contributed by atoms with van der Waals surface area (Å²) < 4.78 is 1.48. The molecule has 0 aromatic carbocycles. The van der Waals surface area contributed by atoms with E-state index in [1.165, 1.54) is 16.9 Å². The third-order valence-electron chi connectivity index (χ3n) is 3.92. The lowest BCUT2D eigenvalue weighted by atomic mass is 10.2. The van der Waals surface area contributed by atoms with Gasteiger partial charge in [0.25, 0.3) is 5.69 Å². The van der Waals surface area contributed by atoms with E-state index in [1.54, 1.807) is 18.0 Å². The number of nitrogens with zero attached hydrogens (tertiary/aromatic N) is 8. The van der Waals surface area contributed by atoms with E-state index < -0.39 is 4.92 Å². The predicted molar refractivity (Wildman–Crippen MR) is 82.2 cm³/mol. The molecule has 1 fully saturated rings.